The lowest BCUT2D eigenvalue weighted by atomic mass is 9.93. The number of methoxy groups -OCH3 is 1. The molecule has 0 bridgehead atoms. The van der Waals surface area contributed by atoms with Gasteiger partial charge < -0.3 is 30.5 Å². The minimum absolute atomic E-state index is 0.320. The van der Waals surface area contributed by atoms with Gasteiger partial charge in [-0.2, -0.15) is 8.78 Å². The number of halogens is 2. The number of carbonyl (C=O) groups is 4. The lowest BCUT2D eigenvalue weighted by molar-refractivity contribution is -0.170. The van der Waals surface area contributed by atoms with Crippen LogP contribution in [0.3, 0.4) is 0 Å². The van der Waals surface area contributed by atoms with Gasteiger partial charge >= 0.3 is 18.0 Å². The summed E-state index contributed by atoms with van der Waals surface area (Å²) in [5.74, 6) is -9.51. The first-order chi connectivity index (χ1) is 16.3. The van der Waals surface area contributed by atoms with Crippen molar-refractivity contribution in [2.24, 2.45) is 17.8 Å². The molecule has 0 saturated carbocycles. The number of aliphatic hydroxyl groups is 1. The summed E-state index contributed by atoms with van der Waals surface area (Å²) in [5.41, 5.74) is -0.911. The zero-order chi connectivity index (χ0) is 28.6. The number of nitrogens with one attached hydrogen (secondary N) is 3. The first-order valence-corrected chi connectivity index (χ1v) is 12.0. The van der Waals surface area contributed by atoms with Crippen molar-refractivity contribution in [1.29, 1.82) is 0 Å². The molecular weight excluding hydrogens is 480 g/mol. The first-order valence-electron chi connectivity index (χ1n) is 12.0. The molecule has 36 heavy (non-hydrogen) atoms. The summed E-state index contributed by atoms with van der Waals surface area (Å²) < 4.78 is 39.9. The minimum Gasteiger partial charge on any atom is -0.467 e. The molecule has 0 aliphatic heterocycles. The number of ether oxygens (including phenoxy) is 2. The summed E-state index contributed by atoms with van der Waals surface area (Å²) in [7, 11) is 1.16. The van der Waals surface area contributed by atoms with Crippen LogP contribution >= 0.6 is 0 Å². The second kappa shape index (κ2) is 13.7. The van der Waals surface area contributed by atoms with Crippen molar-refractivity contribution < 1.29 is 42.5 Å². The molecule has 0 unspecified atom stereocenters. The molecule has 3 amide bonds. The minimum atomic E-state index is -4.38. The summed E-state index contributed by atoms with van der Waals surface area (Å²) in [6.45, 7) is 14.3. The zero-order valence-corrected chi connectivity index (χ0v) is 22.9. The van der Waals surface area contributed by atoms with E-state index in [2.05, 4.69) is 10.6 Å². The second-order valence-electron chi connectivity index (χ2n) is 10.6. The Morgan fingerprint density at radius 1 is 0.889 bits per heavy atom. The van der Waals surface area contributed by atoms with Gasteiger partial charge in [0.2, 0.25) is 5.91 Å². The first kappa shape index (κ1) is 33.5. The summed E-state index contributed by atoms with van der Waals surface area (Å²) >= 11 is 0. The Morgan fingerprint density at radius 2 is 1.42 bits per heavy atom. The molecule has 0 aromatic heterocycles. The van der Waals surface area contributed by atoms with Crippen molar-refractivity contribution >= 4 is 23.9 Å². The van der Waals surface area contributed by atoms with Crippen LogP contribution in [0.2, 0.25) is 0 Å². The normalized spacial score (nSPS) is 16.4. The van der Waals surface area contributed by atoms with Gasteiger partial charge in [0.25, 0.3) is 5.91 Å². The van der Waals surface area contributed by atoms with E-state index in [-0.39, 0.29) is 5.92 Å². The van der Waals surface area contributed by atoms with Crippen molar-refractivity contribution in [1.82, 2.24) is 16.0 Å². The van der Waals surface area contributed by atoms with Gasteiger partial charge in [-0.1, -0.05) is 48.0 Å². The summed E-state index contributed by atoms with van der Waals surface area (Å²) in [4.78, 5) is 49.7. The summed E-state index contributed by atoms with van der Waals surface area (Å²) in [6, 6.07) is -4.02. The topological polar surface area (TPSA) is 143 Å². The van der Waals surface area contributed by atoms with Crippen LogP contribution < -0.4 is 16.0 Å². The molecule has 210 valence electrons. The molecule has 0 aromatic rings. The molecule has 0 aromatic carbocycles. The van der Waals surface area contributed by atoms with E-state index >= 15 is 8.78 Å². The molecule has 0 rings (SSSR count). The van der Waals surface area contributed by atoms with Crippen LogP contribution in [0.15, 0.2) is 0 Å². The number of hydrogen-bond donors (Lipinski definition) is 4. The molecule has 12 heteroatoms. The average Bonchev–Trinajstić information content (AvgIpc) is 2.75. The van der Waals surface area contributed by atoms with Crippen LogP contribution in [0.1, 0.15) is 68.7 Å². The average molecular weight is 524 g/mol. The predicted molar refractivity (Wildman–Crippen MR) is 129 cm³/mol. The molecule has 0 saturated heterocycles. The molecule has 5 atom stereocenters. The fourth-order valence-electron chi connectivity index (χ4n) is 3.23. The van der Waals surface area contributed by atoms with Gasteiger partial charge in [0, 0.05) is 0 Å². The highest BCUT2D eigenvalue weighted by atomic mass is 19.3. The monoisotopic (exact) mass is 523 g/mol. The molecule has 4 N–H and O–H groups in total. The lowest BCUT2D eigenvalue weighted by Crippen LogP contribution is -2.62. The number of rotatable bonds is 12. The largest absolute Gasteiger partial charge is 0.467 e. The Morgan fingerprint density at radius 3 is 1.81 bits per heavy atom. The van der Waals surface area contributed by atoms with Gasteiger partial charge in [-0.25, -0.2) is 9.59 Å². The quantitative estimate of drug-likeness (QED) is 0.288. The van der Waals surface area contributed by atoms with Crippen molar-refractivity contribution in [3.05, 3.63) is 0 Å². The number of aliphatic hydroxyl groups excluding tert-OH is 1. The smallest absolute Gasteiger partial charge is 0.407 e. The van der Waals surface area contributed by atoms with E-state index in [0.717, 1.165) is 7.11 Å². The maximum Gasteiger partial charge on any atom is 0.407 e. The number of hydrogen-bond acceptors (Lipinski definition) is 7. The maximum atomic E-state index is 15.1. The van der Waals surface area contributed by atoms with Gasteiger partial charge in [0.15, 0.2) is 0 Å². The lowest BCUT2D eigenvalue weighted by Gasteiger charge is -2.33. The Kier molecular flexibility index (Phi) is 12.8. The van der Waals surface area contributed by atoms with Crippen LogP contribution in [-0.2, 0) is 23.9 Å². The van der Waals surface area contributed by atoms with Crippen molar-refractivity contribution in [3.63, 3.8) is 0 Å². The van der Waals surface area contributed by atoms with E-state index in [1.165, 1.54) is 27.7 Å². The second-order valence-corrected chi connectivity index (χ2v) is 10.6. The van der Waals surface area contributed by atoms with Crippen molar-refractivity contribution in [2.45, 2.75) is 104 Å². The fraction of sp³-hybridized carbons (Fsp3) is 0.833. The van der Waals surface area contributed by atoms with Crippen LogP contribution in [0.4, 0.5) is 13.6 Å². The van der Waals surface area contributed by atoms with E-state index in [0.29, 0.717) is 6.42 Å². The Labute approximate surface area is 212 Å². The third-order valence-corrected chi connectivity index (χ3v) is 5.62. The highest BCUT2D eigenvalue weighted by molar-refractivity contribution is 5.93. The molecule has 0 aliphatic carbocycles. The van der Waals surface area contributed by atoms with E-state index in [4.69, 9.17) is 9.47 Å². The number of alkyl carbamates (subject to hydrolysis) is 1. The molecule has 0 aliphatic rings. The number of amides is 3. The summed E-state index contributed by atoms with van der Waals surface area (Å²) in [6.07, 6.45) is -3.14. The SMILES string of the molecule is CC[C@H](C)[C@H](NC(=O)[C@@H](NC(=O)C(F)(F)[C@H](O)[C@@H](NC(=O)OC(C)(C)C)C(C)C)C(C)C)C(=O)OC. The van der Waals surface area contributed by atoms with Gasteiger partial charge in [0.1, 0.15) is 23.8 Å². The van der Waals surface area contributed by atoms with Crippen molar-refractivity contribution in [3.8, 4) is 0 Å². The van der Waals surface area contributed by atoms with Gasteiger partial charge in [-0.3, -0.25) is 9.59 Å². The van der Waals surface area contributed by atoms with Gasteiger partial charge in [-0.05, 0) is 38.5 Å². The standard InChI is InChI=1S/C24H43F2N3O7/c1-11-14(6)17(20(32)35-10)27-19(31)16(13(4)5)28-21(33)24(25,26)18(30)15(12(2)3)29-22(34)36-23(7,8)9/h12-18,30H,11H2,1-10H3,(H,27,31)(H,28,33)(H,29,34)/t14-,15-,16-,17-,18+/m0/s1. The van der Waals surface area contributed by atoms with Crippen LogP contribution in [0, 0.1) is 17.8 Å². The molecular formula is C24H43F2N3O7. The zero-order valence-electron chi connectivity index (χ0n) is 22.9. The van der Waals surface area contributed by atoms with Gasteiger partial charge in [-0.15, -0.1) is 0 Å². The van der Waals surface area contributed by atoms with Crippen molar-refractivity contribution in [2.75, 3.05) is 7.11 Å². The highest BCUT2D eigenvalue weighted by Gasteiger charge is 2.52. The van der Waals surface area contributed by atoms with Crippen LogP contribution in [0.5, 0.6) is 0 Å². The number of esters is 1. The molecule has 0 fully saturated rings. The Balaban J connectivity index is 5.73. The highest BCUT2D eigenvalue weighted by Crippen LogP contribution is 2.26. The number of carbonyl (C=O) groups excluding carboxylic acids is 4. The van der Waals surface area contributed by atoms with E-state index in [1.807, 2.05) is 5.32 Å². The van der Waals surface area contributed by atoms with Crippen LogP contribution in [0.25, 0.3) is 0 Å². The molecule has 0 heterocycles. The summed E-state index contributed by atoms with van der Waals surface area (Å²) in [5, 5.41) is 17.1. The third kappa shape index (κ3) is 9.87. The predicted octanol–water partition coefficient (Wildman–Crippen LogP) is 2.38. The van der Waals surface area contributed by atoms with E-state index in [9.17, 15) is 24.3 Å². The molecule has 10 nitrogen and oxygen atoms in total. The van der Waals surface area contributed by atoms with E-state index < -0.39 is 71.5 Å². The molecule has 0 spiro atoms. The third-order valence-electron chi connectivity index (χ3n) is 5.62. The van der Waals surface area contributed by atoms with Crippen LogP contribution in [-0.4, -0.2) is 71.8 Å². The Bertz CT molecular complexity index is 769. The van der Waals surface area contributed by atoms with E-state index in [1.54, 1.807) is 34.6 Å². The molecule has 0 radical (unpaired) electrons. The van der Waals surface area contributed by atoms with Gasteiger partial charge in [0.05, 0.1) is 13.2 Å². The number of alkyl halides is 2. The Hall–Kier alpha value is -2.50. The fourth-order valence-corrected chi connectivity index (χ4v) is 3.23. The maximum absolute atomic E-state index is 15.1.